The number of nitrogens with zero attached hydrogens (tertiary/aromatic N) is 4. The average Bonchev–Trinajstić information content (AvgIpc) is 1.55. The number of rotatable bonds is 40. The Hall–Kier alpha value is -2.90. The Kier molecular flexibility index (Phi) is 26.2. The van der Waals surface area contributed by atoms with E-state index in [0.29, 0.717) is 23.7 Å². The summed E-state index contributed by atoms with van der Waals surface area (Å²) in [5.41, 5.74) is 12.9. The van der Waals surface area contributed by atoms with Crippen LogP contribution in [0.25, 0.3) is 52.7 Å². The smallest absolute Gasteiger partial charge is 0.122 e. The van der Waals surface area contributed by atoms with Crippen LogP contribution in [0.2, 0.25) is 12.1 Å². The Morgan fingerprint density at radius 2 is 0.871 bits per heavy atom. The first-order valence-corrected chi connectivity index (χ1v) is 45.1. The Bertz CT molecular complexity index is 3640. The van der Waals surface area contributed by atoms with Gasteiger partial charge in [0.25, 0.3) is 0 Å². The summed E-state index contributed by atoms with van der Waals surface area (Å²) in [5.74, 6) is 2.12. The fraction of sp³-hybridized carbons (Fsp3) is 0.659. The molecule has 6 atom stereocenters. The van der Waals surface area contributed by atoms with Crippen molar-refractivity contribution in [2.75, 3.05) is 0 Å². The third-order valence-corrected chi connectivity index (χ3v) is 36.5. The highest BCUT2D eigenvalue weighted by Crippen LogP contribution is 2.56. The molecule has 9 rings (SSSR count). The van der Waals surface area contributed by atoms with E-state index in [2.05, 4.69) is 219 Å². The molecule has 11 heteroatoms. The molecular formula is C82H122N4S6Si. The van der Waals surface area contributed by atoms with Gasteiger partial charge in [-0.1, -0.05) is 252 Å². The van der Waals surface area contributed by atoms with Crippen LogP contribution in [0.3, 0.4) is 0 Å². The van der Waals surface area contributed by atoms with E-state index in [1.807, 2.05) is 0 Å². The maximum Gasteiger partial charge on any atom is 0.122 e. The van der Waals surface area contributed by atoms with Gasteiger partial charge in [-0.05, 0) is 156 Å². The van der Waals surface area contributed by atoms with Crippen LogP contribution in [-0.2, 0) is 21.7 Å². The Labute approximate surface area is 591 Å². The highest BCUT2D eigenvalue weighted by Gasteiger charge is 2.51. The molecule has 0 saturated carbocycles. The predicted molar refractivity (Wildman–Crippen MR) is 423 cm³/mol. The van der Waals surface area contributed by atoms with E-state index in [1.165, 1.54) is 223 Å². The lowest BCUT2D eigenvalue weighted by atomic mass is 9.75. The van der Waals surface area contributed by atoms with Crippen molar-refractivity contribution in [1.29, 1.82) is 0 Å². The molecule has 93 heavy (non-hydrogen) atoms. The second kappa shape index (κ2) is 32.8. The van der Waals surface area contributed by atoms with Crippen LogP contribution in [0, 0.1) is 11.8 Å². The lowest BCUT2D eigenvalue weighted by Crippen LogP contribution is -2.56. The molecule has 2 aromatic carbocycles. The van der Waals surface area contributed by atoms with E-state index >= 15 is 0 Å². The van der Waals surface area contributed by atoms with Gasteiger partial charge in [-0.15, -0.1) is 45.3 Å². The van der Waals surface area contributed by atoms with Crippen molar-refractivity contribution in [3.8, 4) is 30.6 Å². The molecule has 7 heterocycles. The van der Waals surface area contributed by atoms with Crippen molar-refractivity contribution in [2.24, 2.45) is 11.8 Å². The van der Waals surface area contributed by atoms with Gasteiger partial charge in [0, 0.05) is 71.8 Å². The molecule has 6 aromatic heterocycles. The van der Waals surface area contributed by atoms with Crippen molar-refractivity contribution in [3.63, 3.8) is 0 Å². The summed E-state index contributed by atoms with van der Waals surface area (Å²) in [4.78, 5) is 12.1. The lowest BCUT2D eigenvalue weighted by Gasteiger charge is -2.36. The first kappa shape index (κ1) is 74.3. The van der Waals surface area contributed by atoms with Crippen molar-refractivity contribution < 1.29 is 0 Å². The van der Waals surface area contributed by atoms with Crippen LogP contribution in [0.15, 0.2) is 48.5 Å². The van der Waals surface area contributed by atoms with Crippen molar-refractivity contribution in [2.45, 2.75) is 337 Å². The molecular weight excluding hydrogens is 1260 g/mol. The standard InChI is InChI=1S/C82H122N4S6Si/c1-19-31-35-37-47-80(17,27-9)68-44-45-69(90-68)81(18,28-10)62-50-60(56(14)40-24-6)72(76-74(62)84-92-86-76)64-52-66-78(88-64)77-65(93(66,53-57(25-7)41-33-21-3)54-58(26-8)42-34-22-4)51-63(87-77)71-59(55(13)39-23-5)49-61(73-75(71)85-91-83-73)79(15,16)67-43-46-70(89-67)82(29-11,30-12)48-38-36-32-20-2/h43-46,49-52,55-58H,19-42,47-48,53-54H2,1-18H3. The molecule has 0 fully saturated rings. The largest absolute Gasteiger partial charge is 0.173 e. The van der Waals surface area contributed by atoms with E-state index in [-0.39, 0.29) is 21.7 Å². The summed E-state index contributed by atoms with van der Waals surface area (Å²) in [6, 6.07) is 23.7. The molecule has 1 aliphatic rings. The second-order valence-electron chi connectivity index (χ2n) is 30.3. The maximum atomic E-state index is 5.49. The molecule has 4 nitrogen and oxygen atoms in total. The molecule has 0 amide bonds. The molecule has 0 saturated heterocycles. The molecule has 8 aromatic rings. The summed E-state index contributed by atoms with van der Waals surface area (Å²) < 4.78 is 21.8. The topological polar surface area (TPSA) is 51.6 Å². The van der Waals surface area contributed by atoms with Gasteiger partial charge in [0.1, 0.15) is 30.1 Å². The summed E-state index contributed by atoms with van der Waals surface area (Å²) >= 11 is 11.3. The van der Waals surface area contributed by atoms with E-state index in [4.69, 9.17) is 17.5 Å². The lowest BCUT2D eigenvalue weighted by molar-refractivity contribution is 0.355. The fourth-order valence-electron chi connectivity index (χ4n) is 16.8. The van der Waals surface area contributed by atoms with Gasteiger partial charge in [0.15, 0.2) is 0 Å². The quantitative estimate of drug-likeness (QED) is 0.0284. The normalized spacial score (nSPS) is 17.1. The number of fused-ring (bicyclic) bond motifs is 5. The average molecular weight is 1380 g/mol. The molecule has 0 N–H and O–H groups in total. The number of hydrogen-bond donors (Lipinski definition) is 0. The van der Waals surface area contributed by atoms with Gasteiger partial charge in [0.2, 0.25) is 0 Å². The molecule has 510 valence electrons. The number of aromatic nitrogens is 4. The minimum absolute atomic E-state index is 0.191. The molecule has 0 aliphatic carbocycles. The summed E-state index contributed by atoms with van der Waals surface area (Å²) in [6.07, 6.45) is 32.4. The van der Waals surface area contributed by atoms with Crippen molar-refractivity contribution >= 4 is 109 Å². The van der Waals surface area contributed by atoms with Gasteiger partial charge in [-0.3, -0.25) is 0 Å². The Morgan fingerprint density at radius 1 is 0.419 bits per heavy atom. The van der Waals surface area contributed by atoms with Crippen LogP contribution in [0.1, 0.15) is 345 Å². The summed E-state index contributed by atoms with van der Waals surface area (Å²) in [6.45, 7) is 44.1. The second-order valence-corrected chi connectivity index (χ2v) is 39.7. The maximum absolute atomic E-state index is 5.49. The zero-order chi connectivity index (χ0) is 66.9. The van der Waals surface area contributed by atoms with E-state index < -0.39 is 8.07 Å². The third kappa shape index (κ3) is 14.9. The molecule has 0 bridgehead atoms. The van der Waals surface area contributed by atoms with Gasteiger partial charge in [-0.2, -0.15) is 17.5 Å². The predicted octanol–water partition coefficient (Wildman–Crippen LogP) is 27.8. The van der Waals surface area contributed by atoms with Crippen molar-refractivity contribution in [1.82, 2.24) is 17.5 Å². The van der Waals surface area contributed by atoms with E-state index in [9.17, 15) is 0 Å². The SMILES string of the molecule is CCCCCCC(C)(CC)c1ccc(C(C)(CC)c2cc(C(C)CCC)c(-c3cc4c(s3)-c3sc(-c5c(C(C)CCC)cc(C(C)(C)c6ccc(C(CC)(CC)CCCCCC)s6)c6nsnc56)cc3[Si]4(CC(CC)CCCC)CC(CC)CCCC)c3nsnc23)s1. The highest BCUT2D eigenvalue weighted by molar-refractivity contribution is 7.31. The summed E-state index contributed by atoms with van der Waals surface area (Å²) in [7, 11) is -2.47. The monoisotopic (exact) mass is 1380 g/mol. The van der Waals surface area contributed by atoms with Crippen LogP contribution < -0.4 is 10.4 Å². The first-order chi connectivity index (χ1) is 44.8. The van der Waals surface area contributed by atoms with Crippen LogP contribution in [0.5, 0.6) is 0 Å². The summed E-state index contributed by atoms with van der Waals surface area (Å²) in [5, 5.41) is 3.49. The van der Waals surface area contributed by atoms with Gasteiger partial charge in [-0.25, -0.2) is 0 Å². The number of hydrogen-bond acceptors (Lipinski definition) is 10. The van der Waals surface area contributed by atoms with E-state index in [1.54, 1.807) is 29.9 Å². The van der Waals surface area contributed by atoms with Gasteiger partial charge < -0.3 is 0 Å². The number of unbranched alkanes of at least 4 members (excludes halogenated alkanes) is 8. The van der Waals surface area contributed by atoms with Gasteiger partial charge in [0.05, 0.1) is 23.5 Å². The fourth-order valence-corrected chi connectivity index (χ4v) is 31.5. The van der Waals surface area contributed by atoms with Crippen LogP contribution in [-0.4, -0.2) is 25.6 Å². The minimum Gasteiger partial charge on any atom is -0.173 e. The molecule has 0 spiro atoms. The zero-order valence-electron chi connectivity index (χ0n) is 61.5. The number of thiophene rings is 4. The molecule has 0 radical (unpaired) electrons. The zero-order valence-corrected chi connectivity index (χ0v) is 67.4. The molecule has 1 aliphatic heterocycles. The third-order valence-electron chi connectivity index (χ3n) is 23.9. The molecule has 6 unspecified atom stereocenters. The highest BCUT2D eigenvalue weighted by atomic mass is 32.1. The minimum atomic E-state index is -2.47. The number of benzene rings is 2. The van der Waals surface area contributed by atoms with Crippen LogP contribution in [0.4, 0.5) is 0 Å². The first-order valence-electron chi connectivity index (χ1n) is 38.0. The van der Waals surface area contributed by atoms with Crippen LogP contribution >= 0.6 is 68.8 Å². The van der Waals surface area contributed by atoms with Gasteiger partial charge >= 0.3 is 0 Å². The Balaban J connectivity index is 1.26. The Morgan fingerprint density at radius 3 is 1.34 bits per heavy atom. The van der Waals surface area contributed by atoms with E-state index in [0.717, 1.165) is 54.2 Å². The van der Waals surface area contributed by atoms with Crippen molar-refractivity contribution in [3.05, 3.63) is 90.3 Å².